The van der Waals surface area contributed by atoms with Gasteiger partial charge in [-0.2, -0.15) is 8.78 Å². The molecule has 0 N–H and O–H groups in total. The molecule has 5 heteroatoms. The quantitative estimate of drug-likeness (QED) is 0.782. The van der Waals surface area contributed by atoms with Crippen LogP contribution in [0, 0.1) is 0 Å². The maximum Gasteiger partial charge on any atom is 0.387 e. The lowest BCUT2D eigenvalue weighted by molar-refractivity contribution is -0.0501. The first kappa shape index (κ1) is 12.2. The van der Waals surface area contributed by atoms with Gasteiger partial charge in [-0.15, -0.1) is 0 Å². The number of hydrogen-bond donors (Lipinski definition) is 0. The summed E-state index contributed by atoms with van der Waals surface area (Å²) in [6.45, 7) is -2.96. The number of benzene rings is 1. The number of ether oxygens (including phenoxy) is 1. The largest absolute Gasteiger partial charge is 0.434 e. The van der Waals surface area contributed by atoms with Crippen molar-refractivity contribution in [2.75, 3.05) is 0 Å². The zero-order chi connectivity index (χ0) is 13.0. The molecule has 0 amide bonds. The lowest BCUT2D eigenvalue weighted by atomic mass is 10.0. The molecule has 0 saturated carbocycles. The average Bonchev–Trinajstić information content (AvgIpc) is 2.39. The van der Waals surface area contributed by atoms with Crippen LogP contribution in [0.2, 0.25) is 0 Å². The summed E-state index contributed by atoms with van der Waals surface area (Å²) in [5.41, 5.74) is 0.411. The van der Waals surface area contributed by atoms with Gasteiger partial charge in [-0.05, 0) is 24.3 Å². The van der Waals surface area contributed by atoms with Gasteiger partial charge in [0.05, 0.1) is 5.56 Å². The van der Waals surface area contributed by atoms with E-state index in [4.69, 9.17) is 0 Å². The molecule has 3 nitrogen and oxygen atoms in total. The van der Waals surface area contributed by atoms with E-state index < -0.39 is 12.4 Å². The molecule has 1 aromatic heterocycles. The molecule has 0 aliphatic rings. The van der Waals surface area contributed by atoms with Gasteiger partial charge in [-0.3, -0.25) is 9.78 Å². The van der Waals surface area contributed by atoms with Crippen LogP contribution >= 0.6 is 0 Å². The first-order valence-electron chi connectivity index (χ1n) is 5.17. The van der Waals surface area contributed by atoms with Gasteiger partial charge in [0.25, 0.3) is 0 Å². The maximum atomic E-state index is 12.2. The second kappa shape index (κ2) is 5.35. The lowest BCUT2D eigenvalue weighted by Gasteiger charge is -2.09. The Morgan fingerprint density at radius 2 is 1.94 bits per heavy atom. The molecule has 0 radical (unpaired) electrons. The summed E-state index contributed by atoms with van der Waals surface area (Å²) in [7, 11) is 0. The Labute approximate surface area is 102 Å². The van der Waals surface area contributed by atoms with Crippen LogP contribution < -0.4 is 4.74 Å². The van der Waals surface area contributed by atoms with E-state index >= 15 is 0 Å². The topological polar surface area (TPSA) is 39.2 Å². The number of para-hydroxylation sites is 1. The predicted octanol–water partition coefficient (Wildman–Crippen LogP) is 2.91. The molecular formula is C13H9F2NO2. The molecule has 0 saturated heterocycles. The van der Waals surface area contributed by atoms with E-state index in [0.29, 0.717) is 5.56 Å². The Morgan fingerprint density at radius 1 is 1.17 bits per heavy atom. The van der Waals surface area contributed by atoms with E-state index in [-0.39, 0.29) is 11.3 Å². The van der Waals surface area contributed by atoms with Crippen LogP contribution in [0.3, 0.4) is 0 Å². The Bertz CT molecular complexity index is 544. The smallest absolute Gasteiger partial charge is 0.387 e. The van der Waals surface area contributed by atoms with Crippen molar-refractivity contribution in [2.24, 2.45) is 0 Å². The van der Waals surface area contributed by atoms with Gasteiger partial charge in [0.1, 0.15) is 5.75 Å². The molecule has 1 aromatic carbocycles. The van der Waals surface area contributed by atoms with Crippen molar-refractivity contribution in [1.29, 1.82) is 0 Å². The third-order valence-corrected chi connectivity index (χ3v) is 2.27. The number of halogens is 2. The number of nitrogens with zero attached hydrogens (tertiary/aromatic N) is 1. The zero-order valence-corrected chi connectivity index (χ0v) is 9.22. The molecule has 0 aliphatic carbocycles. The number of ketones is 1. The first-order valence-corrected chi connectivity index (χ1v) is 5.17. The van der Waals surface area contributed by atoms with Gasteiger partial charge in [0, 0.05) is 18.0 Å². The SMILES string of the molecule is O=C(c1cccnc1)c1ccccc1OC(F)F. The maximum absolute atomic E-state index is 12.2. The van der Waals surface area contributed by atoms with E-state index in [2.05, 4.69) is 9.72 Å². The highest BCUT2D eigenvalue weighted by atomic mass is 19.3. The molecule has 0 aliphatic heterocycles. The molecule has 0 fully saturated rings. The Hall–Kier alpha value is -2.30. The Kier molecular flexibility index (Phi) is 3.62. The predicted molar refractivity (Wildman–Crippen MR) is 60.7 cm³/mol. The van der Waals surface area contributed by atoms with Crippen LogP contribution in [0.15, 0.2) is 48.8 Å². The van der Waals surface area contributed by atoms with E-state index in [0.717, 1.165) is 0 Å². The fourth-order valence-corrected chi connectivity index (χ4v) is 1.51. The van der Waals surface area contributed by atoms with Crippen LogP contribution in [0.25, 0.3) is 0 Å². The van der Waals surface area contributed by atoms with Crippen LogP contribution in [0.5, 0.6) is 5.75 Å². The molecule has 0 atom stereocenters. The Morgan fingerprint density at radius 3 is 2.61 bits per heavy atom. The highest BCUT2D eigenvalue weighted by Gasteiger charge is 2.16. The van der Waals surface area contributed by atoms with Crippen molar-refractivity contribution in [1.82, 2.24) is 4.98 Å². The third kappa shape index (κ3) is 2.68. The number of carbonyl (C=O) groups excluding carboxylic acids is 1. The number of rotatable bonds is 4. The van der Waals surface area contributed by atoms with Crippen LogP contribution in [-0.2, 0) is 0 Å². The summed E-state index contributed by atoms with van der Waals surface area (Å²) >= 11 is 0. The summed E-state index contributed by atoms with van der Waals surface area (Å²) in [6.07, 6.45) is 2.90. The van der Waals surface area contributed by atoms with Gasteiger partial charge in [-0.25, -0.2) is 0 Å². The molecule has 1 heterocycles. The molecule has 0 spiro atoms. The van der Waals surface area contributed by atoms with Gasteiger partial charge in [0.15, 0.2) is 5.78 Å². The first-order chi connectivity index (χ1) is 8.68. The summed E-state index contributed by atoms with van der Waals surface area (Å²) in [4.78, 5) is 15.9. The van der Waals surface area contributed by atoms with Crippen LogP contribution in [0.4, 0.5) is 8.78 Å². The highest BCUT2D eigenvalue weighted by molar-refractivity contribution is 6.10. The molecular weight excluding hydrogens is 240 g/mol. The Balaban J connectivity index is 2.36. The van der Waals surface area contributed by atoms with E-state index in [1.807, 2.05) is 0 Å². The van der Waals surface area contributed by atoms with Crippen LogP contribution in [0.1, 0.15) is 15.9 Å². The van der Waals surface area contributed by atoms with Crippen molar-refractivity contribution in [3.63, 3.8) is 0 Å². The number of hydrogen-bond acceptors (Lipinski definition) is 3. The lowest BCUT2D eigenvalue weighted by Crippen LogP contribution is -2.08. The number of pyridine rings is 1. The van der Waals surface area contributed by atoms with Crippen molar-refractivity contribution in [3.05, 3.63) is 59.9 Å². The third-order valence-electron chi connectivity index (χ3n) is 2.27. The minimum Gasteiger partial charge on any atom is -0.434 e. The summed E-state index contributed by atoms with van der Waals surface area (Å²) in [5, 5.41) is 0. The fourth-order valence-electron chi connectivity index (χ4n) is 1.51. The zero-order valence-electron chi connectivity index (χ0n) is 9.22. The van der Waals surface area contributed by atoms with Crippen molar-refractivity contribution in [2.45, 2.75) is 6.61 Å². The monoisotopic (exact) mass is 249 g/mol. The second-order valence-corrected chi connectivity index (χ2v) is 3.45. The summed E-state index contributed by atoms with van der Waals surface area (Å²) in [5.74, 6) is -0.541. The molecule has 18 heavy (non-hydrogen) atoms. The second-order valence-electron chi connectivity index (χ2n) is 3.45. The van der Waals surface area contributed by atoms with Crippen molar-refractivity contribution in [3.8, 4) is 5.75 Å². The van der Waals surface area contributed by atoms with E-state index in [9.17, 15) is 13.6 Å². The van der Waals surface area contributed by atoms with Crippen molar-refractivity contribution >= 4 is 5.78 Å². The number of aromatic nitrogens is 1. The number of carbonyl (C=O) groups is 1. The van der Waals surface area contributed by atoms with Crippen molar-refractivity contribution < 1.29 is 18.3 Å². The molecule has 92 valence electrons. The standard InChI is InChI=1S/C13H9F2NO2/c14-13(15)18-11-6-2-1-5-10(11)12(17)9-4-3-7-16-8-9/h1-8,13H. The van der Waals surface area contributed by atoms with Gasteiger partial charge < -0.3 is 4.74 Å². The normalized spacial score (nSPS) is 10.4. The molecule has 2 aromatic rings. The van der Waals surface area contributed by atoms with Gasteiger partial charge in [-0.1, -0.05) is 12.1 Å². The van der Waals surface area contributed by atoms with E-state index in [1.54, 1.807) is 18.2 Å². The van der Waals surface area contributed by atoms with Gasteiger partial charge in [0.2, 0.25) is 0 Å². The van der Waals surface area contributed by atoms with Gasteiger partial charge >= 0.3 is 6.61 Å². The minimum atomic E-state index is -2.96. The molecule has 2 rings (SSSR count). The fraction of sp³-hybridized carbons (Fsp3) is 0.0769. The molecule has 0 unspecified atom stereocenters. The van der Waals surface area contributed by atoms with Crippen LogP contribution in [-0.4, -0.2) is 17.4 Å². The number of alkyl halides is 2. The summed E-state index contributed by atoms with van der Waals surface area (Å²) in [6, 6.07) is 9.04. The highest BCUT2D eigenvalue weighted by Crippen LogP contribution is 2.22. The average molecular weight is 249 g/mol. The minimum absolute atomic E-state index is 0.0887. The summed E-state index contributed by atoms with van der Waals surface area (Å²) < 4.78 is 28.8. The van der Waals surface area contributed by atoms with E-state index in [1.165, 1.54) is 30.6 Å². The molecule has 0 bridgehead atoms.